The number of nitriles is 1. The average molecular weight is 626 g/mol. The summed E-state index contributed by atoms with van der Waals surface area (Å²) in [7, 11) is 0. The number of benzene rings is 3. The van der Waals surface area contributed by atoms with Gasteiger partial charge in [-0.3, -0.25) is 4.79 Å². The molecular formula is C29H25ClIN3O3. The van der Waals surface area contributed by atoms with Crippen molar-refractivity contribution < 1.29 is 14.3 Å². The second kappa shape index (κ2) is 12.7. The molecule has 1 heterocycles. The molecule has 4 aromatic rings. The van der Waals surface area contributed by atoms with Crippen molar-refractivity contribution in [2.45, 2.75) is 20.0 Å². The van der Waals surface area contributed by atoms with Gasteiger partial charge >= 0.3 is 0 Å². The van der Waals surface area contributed by atoms with Gasteiger partial charge in [-0.15, -0.1) is 0 Å². The number of halogens is 2. The Morgan fingerprint density at radius 1 is 1.16 bits per heavy atom. The summed E-state index contributed by atoms with van der Waals surface area (Å²) in [4.78, 5) is 16.0. The molecule has 0 atom stereocenters. The fourth-order valence-corrected chi connectivity index (χ4v) is 4.78. The molecule has 0 saturated heterocycles. The molecule has 4 rings (SSSR count). The highest BCUT2D eigenvalue weighted by atomic mass is 127. The molecule has 0 spiro atoms. The number of aromatic amines is 1. The molecular weight excluding hydrogens is 601 g/mol. The van der Waals surface area contributed by atoms with Crippen LogP contribution in [0.2, 0.25) is 5.02 Å². The minimum Gasteiger partial charge on any atom is -0.490 e. The summed E-state index contributed by atoms with van der Waals surface area (Å²) >= 11 is 8.13. The molecule has 6 nitrogen and oxygen atoms in total. The van der Waals surface area contributed by atoms with Gasteiger partial charge in [-0.1, -0.05) is 41.9 Å². The lowest BCUT2D eigenvalue weighted by molar-refractivity contribution is -0.117. The number of aromatic nitrogens is 1. The van der Waals surface area contributed by atoms with Crippen molar-refractivity contribution in [1.29, 1.82) is 5.26 Å². The molecule has 0 bridgehead atoms. The largest absolute Gasteiger partial charge is 0.490 e. The number of rotatable bonds is 10. The van der Waals surface area contributed by atoms with Crippen LogP contribution < -0.4 is 14.8 Å². The highest BCUT2D eigenvalue weighted by molar-refractivity contribution is 14.1. The predicted molar refractivity (Wildman–Crippen MR) is 155 cm³/mol. The number of amides is 1. The SMILES string of the molecule is CCOc1cc(/C=C(/C#N)C(=O)NCCc2c[nH]c3ccccc23)cc(I)c1OCc1ccc(Cl)cc1. The molecule has 0 aliphatic heterocycles. The first-order valence-electron chi connectivity index (χ1n) is 11.8. The van der Waals surface area contributed by atoms with Crippen molar-refractivity contribution in [3.63, 3.8) is 0 Å². The van der Waals surface area contributed by atoms with E-state index in [0.29, 0.717) is 48.3 Å². The van der Waals surface area contributed by atoms with Gasteiger partial charge in [-0.2, -0.15) is 5.26 Å². The monoisotopic (exact) mass is 625 g/mol. The number of carbonyl (C=O) groups is 1. The normalized spacial score (nSPS) is 11.2. The number of carbonyl (C=O) groups excluding carboxylic acids is 1. The van der Waals surface area contributed by atoms with Crippen LogP contribution in [0.3, 0.4) is 0 Å². The highest BCUT2D eigenvalue weighted by Crippen LogP contribution is 2.35. The molecule has 1 aromatic heterocycles. The quantitative estimate of drug-likeness (QED) is 0.117. The summed E-state index contributed by atoms with van der Waals surface area (Å²) in [5.74, 6) is 0.737. The van der Waals surface area contributed by atoms with Crippen LogP contribution in [0, 0.1) is 14.9 Å². The third kappa shape index (κ3) is 6.85. The maximum Gasteiger partial charge on any atom is 0.261 e. The number of nitrogens with one attached hydrogen (secondary N) is 2. The van der Waals surface area contributed by atoms with Crippen LogP contribution in [-0.4, -0.2) is 24.0 Å². The van der Waals surface area contributed by atoms with Gasteiger partial charge in [0.1, 0.15) is 18.2 Å². The van der Waals surface area contributed by atoms with E-state index in [9.17, 15) is 10.1 Å². The molecule has 188 valence electrons. The Kier molecular flexibility index (Phi) is 9.09. The minimum absolute atomic E-state index is 0.0204. The van der Waals surface area contributed by atoms with E-state index in [1.165, 1.54) is 0 Å². The topological polar surface area (TPSA) is 87.1 Å². The number of hydrogen-bond donors (Lipinski definition) is 2. The predicted octanol–water partition coefficient (Wildman–Crippen LogP) is 6.67. The van der Waals surface area contributed by atoms with Gasteiger partial charge in [0.15, 0.2) is 11.5 Å². The van der Waals surface area contributed by atoms with E-state index in [0.717, 1.165) is 25.6 Å². The van der Waals surface area contributed by atoms with Gasteiger partial charge in [0.2, 0.25) is 0 Å². The second-order valence-corrected chi connectivity index (χ2v) is 9.81. The standard InChI is InChI=1S/C29H25ClIN3O3/c1-2-36-27-15-20(14-25(31)28(27)37-18-19-7-9-23(30)10-8-19)13-22(16-32)29(35)33-12-11-21-17-34-26-6-4-3-5-24(21)26/h3-10,13-15,17,34H,2,11-12,18H2,1H3,(H,33,35)/b22-13-. The lowest BCUT2D eigenvalue weighted by atomic mass is 10.1. The van der Waals surface area contributed by atoms with E-state index in [1.54, 1.807) is 12.1 Å². The van der Waals surface area contributed by atoms with Crippen molar-refractivity contribution in [1.82, 2.24) is 10.3 Å². The van der Waals surface area contributed by atoms with Crippen molar-refractivity contribution in [2.75, 3.05) is 13.2 Å². The van der Waals surface area contributed by atoms with Crippen LogP contribution in [0.5, 0.6) is 11.5 Å². The molecule has 0 saturated carbocycles. The van der Waals surface area contributed by atoms with Gasteiger partial charge in [0.25, 0.3) is 5.91 Å². The highest BCUT2D eigenvalue weighted by Gasteiger charge is 2.15. The molecule has 3 aromatic carbocycles. The van der Waals surface area contributed by atoms with Crippen LogP contribution in [0.1, 0.15) is 23.6 Å². The summed E-state index contributed by atoms with van der Waals surface area (Å²) in [5, 5.41) is 14.3. The van der Waals surface area contributed by atoms with Crippen molar-refractivity contribution >= 4 is 57.1 Å². The fraction of sp³-hybridized carbons (Fsp3) is 0.172. The number of fused-ring (bicyclic) bond motifs is 1. The average Bonchev–Trinajstić information content (AvgIpc) is 3.31. The van der Waals surface area contributed by atoms with Crippen LogP contribution >= 0.6 is 34.2 Å². The van der Waals surface area contributed by atoms with Gasteiger partial charge in [0.05, 0.1) is 10.2 Å². The summed E-state index contributed by atoms with van der Waals surface area (Å²) in [6.07, 6.45) is 4.17. The Morgan fingerprint density at radius 3 is 2.70 bits per heavy atom. The van der Waals surface area contributed by atoms with E-state index in [1.807, 2.05) is 73.8 Å². The number of hydrogen-bond acceptors (Lipinski definition) is 4. The Bertz CT molecular complexity index is 1470. The smallest absolute Gasteiger partial charge is 0.261 e. The maximum absolute atomic E-state index is 12.7. The second-order valence-electron chi connectivity index (χ2n) is 8.21. The first-order chi connectivity index (χ1) is 18.0. The van der Waals surface area contributed by atoms with Crippen molar-refractivity contribution in [3.8, 4) is 17.6 Å². The zero-order valence-electron chi connectivity index (χ0n) is 20.2. The first-order valence-corrected chi connectivity index (χ1v) is 13.2. The van der Waals surface area contributed by atoms with Gasteiger partial charge in [0, 0.05) is 28.7 Å². The Labute approximate surface area is 234 Å². The Morgan fingerprint density at radius 2 is 1.95 bits per heavy atom. The fourth-order valence-electron chi connectivity index (χ4n) is 3.87. The van der Waals surface area contributed by atoms with E-state index >= 15 is 0 Å². The number of H-pyrrole nitrogens is 1. The zero-order chi connectivity index (χ0) is 26.2. The molecule has 37 heavy (non-hydrogen) atoms. The number of para-hydroxylation sites is 1. The summed E-state index contributed by atoms with van der Waals surface area (Å²) < 4.78 is 12.7. The molecule has 0 fully saturated rings. The lowest BCUT2D eigenvalue weighted by Crippen LogP contribution is -2.26. The zero-order valence-corrected chi connectivity index (χ0v) is 23.1. The van der Waals surface area contributed by atoms with E-state index in [2.05, 4.69) is 32.9 Å². The maximum atomic E-state index is 12.7. The number of nitrogens with zero attached hydrogens (tertiary/aromatic N) is 1. The van der Waals surface area contributed by atoms with E-state index < -0.39 is 5.91 Å². The van der Waals surface area contributed by atoms with E-state index in [4.69, 9.17) is 21.1 Å². The molecule has 8 heteroatoms. The van der Waals surface area contributed by atoms with Crippen LogP contribution in [0.25, 0.3) is 17.0 Å². The third-order valence-electron chi connectivity index (χ3n) is 5.66. The van der Waals surface area contributed by atoms with Gasteiger partial charge in [-0.05, 0) is 89.0 Å². The summed E-state index contributed by atoms with van der Waals surface area (Å²) in [5.41, 5.74) is 3.84. The van der Waals surface area contributed by atoms with Crippen molar-refractivity contribution in [3.05, 3.63) is 97.7 Å². The minimum atomic E-state index is -0.418. The molecule has 0 aliphatic rings. The van der Waals surface area contributed by atoms with Crippen molar-refractivity contribution in [2.24, 2.45) is 0 Å². The first kappa shape index (κ1) is 26.6. The molecule has 0 unspecified atom stereocenters. The van der Waals surface area contributed by atoms with Gasteiger partial charge < -0.3 is 19.8 Å². The summed E-state index contributed by atoms with van der Waals surface area (Å²) in [6.45, 7) is 3.10. The Hall–Kier alpha value is -3.48. The molecule has 0 radical (unpaired) electrons. The van der Waals surface area contributed by atoms with Crippen LogP contribution in [0.4, 0.5) is 0 Å². The molecule has 0 aliphatic carbocycles. The lowest BCUT2D eigenvalue weighted by Gasteiger charge is -2.15. The van der Waals surface area contributed by atoms with Crippen LogP contribution in [-0.2, 0) is 17.8 Å². The third-order valence-corrected chi connectivity index (χ3v) is 6.71. The molecule has 2 N–H and O–H groups in total. The molecule has 1 amide bonds. The van der Waals surface area contributed by atoms with Gasteiger partial charge in [-0.25, -0.2) is 0 Å². The van der Waals surface area contributed by atoms with Crippen LogP contribution in [0.15, 0.2) is 72.4 Å². The van der Waals surface area contributed by atoms with E-state index in [-0.39, 0.29) is 5.57 Å². The number of ether oxygens (including phenoxy) is 2. The summed E-state index contributed by atoms with van der Waals surface area (Å²) in [6, 6.07) is 21.1. The Balaban J connectivity index is 1.45.